The first-order chi connectivity index (χ1) is 14.1. The van der Waals surface area contributed by atoms with Crippen LogP contribution in [0.1, 0.15) is 37.8 Å². The van der Waals surface area contributed by atoms with Crippen LogP contribution in [0.4, 0.5) is 5.69 Å². The Morgan fingerprint density at radius 2 is 1.97 bits per heavy atom. The van der Waals surface area contributed by atoms with E-state index in [0.29, 0.717) is 27.8 Å². The third-order valence-corrected chi connectivity index (χ3v) is 5.40. The number of carbonyl (C=O) groups excluding carboxylic acids is 1. The summed E-state index contributed by atoms with van der Waals surface area (Å²) in [4.78, 5) is 29.3. The van der Waals surface area contributed by atoms with Gasteiger partial charge in [0, 0.05) is 18.2 Å². The maximum absolute atomic E-state index is 12.6. The molecule has 0 bridgehead atoms. The van der Waals surface area contributed by atoms with Crippen LogP contribution in [0.5, 0.6) is 5.75 Å². The van der Waals surface area contributed by atoms with Crippen molar-refractivity contribution >= 4 is 28.8 Å². The Kier molecular flexibility index (Phi) is 5.81. The Morgan fingerprint density at radius 1 is 1.17 bits per heavy atom. The molecule has 3 aromatic rings. The summed E-state index contributed by atoms with van der Waals surface area (Å²) in [7, 11) is 0. The summed E-state index contributed by atoms with van der Waals surface area (Å²) < 4.78 is 7.28. The van der Waals surface area contributed by atoms with Gasteiger partial charge in [0.2, 0.25) is 5.91 Å². The maximum atomic E-state index is 12.6. The Hall–Kier alpha value is -2.86. The van der Waals surface area contributed by atoms with E-state index in [0.717, 1.165) is 25.7 Å². The van der Waals surface area contributed by atoms with Gasteiger partial charge in [-0.1, -0.05) is 43.0 Å². The predicted octanol–water partition coefficient (Wildman–Crippen LogP) is 4.45. The van der Waals surface area contributed by atoms with Crippen LogP contribution in [0.15, 0.2) is 53.5 Å². The van der Waals surface area contributed by atoms with Gasteiger partial charge in [-0.15, -0.1) is 0 Å². The molecule has 1 fully saturated rings. The number of hydrogen-bond donors (Lipinski definition) is 1. The van der Waals surface area contributed by atoms with Crippen molar-refractivity contribution in [3.63, 3.8) is 0 Å². The number of halogens is 1. The minimum Gasteiger partial charge on any atom is -0.485 e. The van der Waals surface area contributed by atoms with Crippen LogP contribution >= 0.6 is 11.6 Å². The number of aromatic nitrogens is 2. The van der Waals surface area contributed by atoms with Gasteiger partial charge in [0.15, 0.2) is 0 Å². The van der Waals surface area contributed by atoms with E-state index >= 15 is 0 Å². The van der Waals surface area contributed by atoms with E-state index in [1.165, 1.54) is 23.1 Å². The molecule has 0 unspecified atom stereocenters. The second-order valence-electron chi connectivity index (χ2n) is 7.27. The van der Waals surface area contributed by atoms with Crippen LogP contribution < -0.4 is 15.6 Å². The minimum absolute atomic E-state index is 0.0414. The van der Waals surface area contributed by atoms with Crippen LogP contribution in [0.3, 0.4) is 0 Å². The molecule has 29 heavy (non-hydrogen) atoms. The number of benzene rings is 1. The van der Waals surface area contributed by atoms with Crippen molar-refractivity contribution in [3.05, 3.63) is 69.7 Å². The molecular weight excluding hydrogens is 390 g/mol. The topological polar surface area (TPSA) is 72.7 Å². The zero-order chi connectivity index (χ0) is 20.2. The number of pyridine rings is 1. The fourth-order valence-corrected chi connectivity index (χ4v) is 3.81. The first-order valence-corrected chi connectivity index (χ1v) is 10.2. The molecule has 1 N–H and O–H groups in total. The number of anilines is 1. The van der Waals surface area contributed by atoms with E-state index in [-0.39, 0.29) is 24.0 Å². The van der Waals surface area contributed by atoms with Gasteiger partial charge in [-0.2, -0.15) is 0 Å². The van der Waals surface area contributed by atoms with E-state index < -0.39 is 0 Å². The van der Waals surface area contributed by atoms with Gasteiger partial charge in [-0.25, -0.2) is 4.98 Å². The van der Waals surface area contributed by atoms with Gasteiger partial charge in [-0.3, -0.25) is 14.0 Å². The van der Waals surface area contributed by atoms with E-state index in [1.54, 1.807) is 18.2 Å². The first-order valence-electron chi connectivity index (χ1n) is 9.81. The number of rotatable bonds is 5. The zero-order valence-corrected chi connectivity index (χ0v) is 16.7. The van der Waals surface area contributed by atoms with Gasteiger partial charge in [-0.05, 0) is 37.1 Å². The molecule has 2 aromatic heterocycles. The Labute approximate surface area is 173 Å². The Balaban J connectivity index is 1.49. The minimum atomic E-state index is -0.227. The number of amides is 1. The third-order valence-electron chi connectivity index (χ3n) is 5.17. The molecule has 0 atom stereocenters. The molecule has 1 aliphatic carbocycles. The van der Waals surface area contributed by atoms with E-state index in [9.17, 15) is 9.59 Å². The normalized spacial score (nSPS) is 14.7. The van der Waals surface area contributed by atoms with Crippen LogP contribution in [0.2, 0.25) is 5.02 Å². The van der Waals surface area contributed by atoms with Crippen LogP contribution in [-0.2, 0) is 11.4 Å². The molecule has 150 valence electrons. The Morgan fingerprint density at radius 3 is 2.79 bits per heavy atom. The lowest BCUT2D eigenvalue weighted by Crippen LogP contribution is -2.25. The van der Waals surface area contributed by atoms with Gasteiger partial charge in [0.05, 0.1) is 16.4 Å². The smallest absolute Gasteiger partial charge is 0.258 e. The monoisotopic (exact) mass is 411 g/mol. The summed E-state index contributed by atoms with van der Waals surface area (Å²) in [6.45, 7) is 0.116. The summed E-state index contributed by atoms with van der Waals surface area (Å²) in [5, 5.41) is 3.46. The van der Waals surface area contributed by atoms with Crippen molar-refractivity contribution in [2.24, 2.45) is 5.92 Å². The third kappa shape index (κ3) is 4.59. The molecule has 6 nitrogen and oxygen atoms in total. The van der Waals surface area contributed by atoms with E-state index in [1.807, 2.05) is 18.2 Å². The van der Waals surface area contributed by atoms with Gasteiger partial charge in [0.1, 0.15) is 18.0 Å². The average molecular weight is 412 g/mol. The molecule has 1 amide bonds. The summed E-state index contributed by atoms with van der Waals surface area (Å²) >= 11 is 5.94. The SMILES string of the molecule is O=C(Nc1ccccc1OCc1cc(=O)n2cc(Cl)ccc2n1)C1CCCCC1. The van der Waals surface area contributed by atoms with Crippen molar-refractivity contribution in [1.82, 2.24) is 9.38 Å². The average Bonchev–Trinajstić information content (AvgIpc) is 2.74. The molecule has 1 saturated carbocycles. The number of nitrogens with zero attached hydrogens (tertiary/aromatic N) is 2. The second-order valence-corrected chi connectivity index (χ2v) is 7.71. The zero-order valence-electron chi connectivity index (χ0n) is 15.9. The number of para-hydroxylation sites is 2. The molecule has 1 aliphatic rings. The van der Waals surface area contributed by atoms with Gasteiger partial charge >= 0.3 is 0 Å². The fourth-order valence-electron chi connectivity index (χ4n) is 3.65. The summed E-state index contributed by atoms with van der Waals surface area (Å²) in [6, 6.07) is 12.1. The largest absolute Gasteiger partial charge is 0.485 e. The Bertz CT molecular complexity index is 1090. The van der Waals surface area contributed by atoms with Crippen molar-refractivity contribution in [2.45, 2.75) is 38.7 Å². The molecule has 0 aliphatic heterocycles. The number of hydrogen-bond acceptors (Lipinski definition) is 4. The van der Waals surface area contributed by atoms with Crippen LogP contribution in [0.25, 0.3) is 5.65 Å². The van der Waals surface area contributed by atoms with Crippen LogP contribution in [0, 0.1) is 5.92 Å². The quantitative estimate of drug-likeness (QED) is 0.673. The lowest BCUT2D eigenvalue weighted by atomic mass is 9.88. The van der Waals surface area contributed by atoms with Gasteiger partial charge < -0.3 is 10.1 Å². The number of ether oxygens (including phenoxy) is 1. The summed E-state index contributed by atoms with van der Waals surface area (Å²) in [5.74, 6) is 0.653. The first kappa shape index (κ1) is 19.5. The fraction of sp³-hybridized carbons (Fsp3) is 0.318. The summed E-state index contributed by atoms with van der Waals surface area (Å²) in [6.07, 6.45) is 6.81. The van der Waals surface area contributed by atoms with Gasteiger partial charge in [0.25, 0.3) is 5.56 Å². The van der Waals surface area contributed by atoms with Crippen molar-refractivity contribution in [3.8, 4) is 5.75 Å². The highest BCUT2D eigenvalue weighted by Gasteiger charge is 2.22. The molecule has 0 radical (unpaired) electrons. The standard InChI is InChI=1S/C22H22ClN3O3/c23-16-10-11-20-24-17(12-21(27)26(20)13-16)14-29-19-9-5-4-8-18(19)25-22(28)15-6-2-1-3-7-15/h4-5,8-13,15H,1-3,6-7,14H2,(H,25,28). The number of carbonyl (C=O) groups is 1. The number of fused-ring (bicyclic) bond motifs is 1. The van der Waals surface area contributed by atoms with Crippen molar-refractivity contribution in [2.75, 3.05) is 5.32 Å². The molecule has 0 spiro atoms. The predicted molar refractivity (Wildman–Crippen MR) is 112 cm³/mol. The molecule has 1 aromatic carbocycles. The summed E-state index contributed by atoms with van der Waals surface area (Å²) in [5.41, 5.74) is 1.41. The lowest BCUT2D eigenvalue weighted by molar-refractivity contribution is -0.120. The molecular formula is C22H22ClN3O3. The van der Waals surface area contributed by atoms with Crippen molar-refractivity contribution in [1.29, 1.82) is 0 Å². The highest BCUT2D eigenvalue weighted by atomic mass is 35.5. The lowest BCUT2D eigenvalue weighted by Gasteiger charge is -2.21. The maximum Gasteiger partial charge on any atom is 0.258 e. The van der Waals surface area contributed by atoms with E-state index in [2.05, 4.69) is 10.3 Å². The molecule has 7 heteroatoms. The number of nitrogens with one attached hydrogen (secondary N) is 1. The van der Waals surface area contributed by atoms with Crippen LogP contribution in [-0.4, -0.2) is 15.3 Å². The molecule has 4 rings (SSSR count). The highest BCUT2D eigenvalue weighted by molar-refractivity contribution is 6.30. The van der Waals surface area contributed by atoms with Crippen molar-refractivity contribution < 1.29 is 9.53 Å². The molecule has 0 saturated heterocycles. The van der Waals surface area contributed by atoms with E-state index in [4.69, 9.17) is 16.3 Å². The highest BCUT2D eigenvalue weighted by Crippen LogP contribution is 2.28. The second kappa shape index (κ2) is 8.66. The molecule has 2 heterocycles.